The molecule has 8 heteroatoms. The summed E-state index contributed by atoms with van der Waals surface area (Å²) in [7, 11) is 0. The summed E-state index contributed by atoms with van der Waals surface area (Å²) in [6, 6.07) is 6.46. The fourth-order valence-corrected chi connectivity index (χ4v) is 3.62. The molecule has 0 aliphatic carbocycles. The normalized spacial score (nSPS) is 17.3. The van der Waals surface area contributed by atoms with Crippen molar-refractivity contribution in [1.29, 1.82) is 0 Å². The molecule has 142 valence electrons. The number of rotatable bonds is 5. The molecular weight excluding hydrogens is 347 g/mol. The van der Waals surface area contributed by atoms with Gasteiger partial charge < -0.3 is 5.32 Å². The van der Waals surface area contributed by atoms with Crippen LogP contribution in [0.3, 0.4) is 0 Å². The van der Waals surface area contributed by atoms with Crippen LogP contribution in [0.4, 0.5) is 4.39 Å². The van der Waals surface area contributed by atoms with Gasteiger partial charge in [0, 0.05) is 30.8 Å². The highest BCUT2D eigenvalue weighted by Crippen LogP contribution is 2.21. The van der Waals surface area contributed by atoms with E-state index in [2.05, 4.69) is 15.5 Å². The lowest BCUT2D eigenvalue weighted by molar-refractivity contribution is 0.431. The average molecular weight is 370 g/mol. The maximum Gasteiger partial charge on any atom is 0.346 e. The van der Waals surface area contributed by atoms with E-state index in [0.717, 1.165) is 37.3 Å². The van der Waals surface area contributed by atoms with E-state index >= 15 is 0 Å². The van der Waals surface area contributed by atoms with Crippen LogP contribution in [-0.2, 0) is 13.1 Å². The molecule has 1 N–H and O–H groups in total. The molecule has 1 aromatic carbocycles. The molecule has 0 bridgehead atoms. The third kappa shape index (κ3) is 3.44. The zero-order valence-corrected chi connectivity index (χ0v) is 15.3. The first-order valence-electron chi connectivity index (χ1n) is 9.34. The maximum absolute atomic E-state index is 13.9. The van der Waals surface area contributed by atoms with E-state index in [1.807, 2.05) is 6.92 Å². The van der Waals surface area contributed by atoms with Gasteiger partial charge in [-0.25, -0.2) is 18.5 Å². The van der Waals surface area contributed by atoms with Gasteiger partial charge in [0.15, 0.2) is 0 Å². The number of piperidine rings is 1. The van der Waals surface area contributed by atoms with Gasteiger partial charge in [0.2, 0.25) is 0 Å². The molecule has 3 heterocycles. The Labute approximate surface area is 156 Å². The van der Waals surface area contributed by atoms with E-state index < -0.39 is 0 Å². The van der Waals surface area contributed by atoms with E-state index in [9.17, 15) is 9.18 Å². The van der Waals surface area contributed by atoms with Gasteiger partial charge in [-0.2, -0.15) is 10.2 Å². The highest BCUT2D eigenvalue weighted by Gasteiger charge is 2.23. The summed E-state index contributed by atoms with van der Waals surface area (Å²) >= 11 is 0. The molecule has 3 aromatic rings. The standard InChI is InChI=1S/C19H23FN6O/c1-2-24-18(15-6-5-9-21-11-15)23-26(19(24)27)13-14-10-22-25(12-14)17-8-4-3-7-16(17)20/h3-4,7-8,10,12,15,21H,2,5-6,9,11,13H2,1H3/t15-/m1/s1. The van der Waals surface area contributed by atoms with E-state index in [4.69, 9.17) is 0 Å². The molecule has 1 aliphatic heterocycles. The Kier molecular flexibility index (Phi) is 4.89. The number of benzene rings is 1. The van der Waals surface area contributed by atoms with Crippen molar-refractivity contribution in [2.24, 2.45) is 0 Å². The second-order valence-corrected chi connectivity index (χ2v) is 6.83. The highest BCUT2D eigenvalue weighted by atomic mass is 19.1. The molecule has 1 saturated heterocycles. The van der Waals surface area contributed by atoms with Crippen molar-refractivity contribution in [3.05, 3.63) is 64.3 Å². The number of nitrogens with one attached hydrogen (secondary N) is 1. The molecule has 1 aliphatic rings. The predicted octanol–water partition coefficient (Wildman–Crippen LogP) is 1.90. The highest BCUT2D eigenvalue weighted by molar-refractivity contribution is 5.32. The van der Waals surface area contributed by atoms with Crippen LogP contribution in [0.15, 0.2) is 41.5 Å². The van der Waals surface area contributed by atoms with Crippen molar-refractivity contribution in [2.75, 3.05) is 13.1 Å². The van der Waals surface area contributed by atoms with Crippen LogP contribution in [0.2, 0.25) is 0 Å². The molecule has 0 radical (unpaired) electrons. The zero-order chi connectivity index (χ0) is 18.8. The van der Waals surface area contributed by atoms with Gasteiger partial charge in [0.05, 0.1) is 12.7 Å². The minimum atomic E-state index is -0.341. The lowest BCUT2D eigenvalue weighted by atomic mass is 9.99. The Hall–Kier alpha value is -2.74. The Balaban J connectivity index is 1.61. The van der Waals surface area contributed by atoms with Crippen molar-refractivity contribution in [3.63, 3.8) is 0 Å². The number of nitrogens with zero attached hydrogens (tertiary/aromatic N) is 5. The molecule has 1 atom stereocenters. The quantitative estimate of drug-likeness (QED) is 0.745. The summed E-state index contributed by atoms with van der Waals surface area (Å²) in [6.45, 7) is 4.74. The number of hydrogen-bond acceptors (Lipinski definition) is 4. The summed E-state index contributed by atoms with van der Waals surface area (Å²) in [4.78, 5) is 12.8. The number of hydrogen-bond donors (Lipinski definition) is 1. The molecule has 0 unspecified atom stereocenters. The second-order valence-electron chi connectivity index (χ2n) is 6.83. The van der Waals surface area contributed by atoms with Gasteiger partial charge >= 0.3 is 5.69 Å². The van der Waals surface area contributed by atoms with Gasteiger partial charge in [0.25, 0.3) is 0 Å². The molecule has 0 spiro atoms. The van der Waals surface area contributed by atoms with Gasteiger partial charge in [-0.1, -0.05) is 12.1 Å². The largest absolute Gasteiger partial charge is 0.346 e. The summed E-state index contributed by atoms with van der Waals surface area (Å²) in [6.07, 6.45) is 5.50. The fourth-order valence-electron chi connectivity index (χ4n) is 3.62. The summed E-state index contributed by atoms with van der Waals surface area (Å²) < 4.78 is 18.7. The second kappa shape index (κ2) is 7.48. The van der Waals surface area contributed by atoms with Crippen molar-refractivity contribution in [3.8, 4) is 5.69 Å². The monoisotopic (exact) mass is 370 g/mol. The predicted molar refractivity (Wildman–Crippen MR) is 99.6 cm³/mol. The topological polar surface area (TPSA) is 69.7 Å². The molecular formula is C19H23FN6O. The first-order chi connectivity index (χ1) is 13.2. The molecule has 2 aromatic heterocycles. The molecule has 1 fully saturated rings. The van der Waals surface area contributed by atoms with Gasteiger partial charge in [0.1, 0.15) is 17.3 Å². The van der Waals surface area contributed by atoms with E-state index in [1.54, 1.807) is 35.2 Å². The van der Waals surface area contributed by atoms with E-state index in [-0.39, 0.29) is 17.4 Å². The van der Waals surface area contributed by atoms with Crippen LogP contribution < -0.4 is 11.0 Å². The van der Waals surface area contributed by atoms with Crippen LogP contribution in [0.1, 0.15) is 37.1 Å². The van der Waals surface area contributed by atoms with Crippen LogP contribution in [0.5, 0.6) is 0 Å². The Morgan fingerprint density at radius 1 is 1.33 bits per heavy atom. The number of para-hydroxylation sites is 1. The number of aromatic nitrogens is 5. The SMILES string of the molecule is CCn1c([C@@H]2CCCNC2)nn(Cc2cnn(-c3ccccc3F)c2)c1=O. The first-order valence-corrected chi connectivity index (χ1v) is 9.34. The molecule has 4 rings (SSSR count). The lowest BCUT2D eigenvalue weighted by Gasteiger charge is -2.21. The minimum absolute atomic E-state index is 0.114. The van der Waals surface area contributed by atoms with Crippen molar-refractivity contribution in [2.45, 2.75) is 38.8 Å². The van der Waals surface area contributed by atoms with Crippen LogP contribution in [-0.4, -0.2) is 37.2 Å². The summed E-state index contributed by atoms with van der Waals surface area (Å²) in [5.41, 5.74) is 1.07. The van der Waals surface area contributed by atoms with Crippen LogP contribution in [0, 0.1) is 5.82 Å². The van der Waals surface area contributed by atoms with E-state index in [0.29, 0.717) is 18.8 Å². The molecule has 0 amide bonds. The van der Waals surface area contributed by atoms with Crippen LogP contribution >= 0.6 is 0 Å². The minimum Gasteiger partial charge on any atom is -0.316 e. The van der Waals surface area contributed by atoms with Crippen LogP contribution in [0.25, 0.3) is 5.69 Å². The molecule has 0 saturated carbocycles. The van der Waals surface area contributed by atoms with Crippen molar-refractivity contribution < 1.29 is 4.39 Å². The smallest absolute Gasteiger partial charge is 0.316 e. The summed E-state index contributed by atoms with van der Waals surface area (Å²) in [5.74, 6) is 0.761. The average Bonchev–Trinajstić information content (AvgIpc) is 3.28. The molecule has 27 heavy (non-hydrogen) atoms. The van der Waals surface area contributed by atoms with E-state index in [1.165, 1.54) is 15.4 Å². The zero-order valence-electron chi connectivity index (χ0n) is 15.3. The van der Waals surface area contributed by atoms with Crippen molar-refractivity contribution in [1.82, 2.24) is 29.4 Å². The van der Waals surface area contributed by atoms with Crippen molar-refractivity contribution >= 4 is 0 Å². The van der Waals surface area contributed by atoms with Gasteiger partial charge in [-0.05, 0) is 38.4 Å². The Bertz CT molecular complexity index is 982. The number of halogens is 1. The lowest BCUT2D eigenvalue weighted by Crippen LogP contribution is -2.31. The fraction of sp³-hybridized carbons (Fsp3) is 0.421. The Morgan fingerprint density at radius 3 is 2.93 bits per heavy atom. The van der Waals surface area contributed by atoms with Gasteiger partial charge in [-0.3, -0.25) is 4.57 Å². The summed E-state index contributed by atoms with van der Waals surface area (Å²) in [5, 5.41) is 12.2. The van der Waals surface area contributed by atoms with Gasteiger partial charge in [-0.15, -0.1) is 0 Å². The third-order valence-electron chi connectivity index (χ3n) is 5.00. The third-order valence-corrected chi connectivity index (χ3v) is 5.00. The first kappa shape index (κ1) is 17.7. The Morgan fingerprint density at radius 2 is 2.19 bits per heavy atom. The molecule has 7 nitrogen and oxygen atoms in total. The maximum atomic E-state index is 13.9.